The minimum Gasteiger partial charge on any atom is -0.352 e. The summed E-state index contributed by atoms with van der Waals surface area (Å²) in [7, 11) is 0. The summed E-state index contributed by atoms with van der Waals surface area (Å²) in [5, 5.41) is 11.9. The number of carbonyl (C=O) groups excluding carboxylic acids is 1. The van der Waals surface area contributed by atoms with E-state index in [2.05, 4.69) is 25.2 Å². The van der Waals surface area contributed by atoms with Crippen LogP contribution in [0.25, 0.3) is 0 Å². The van der Waals surface area contributed by atoms with Gasteiger partial charge in [0, 0.05) is 18.4 Å². The first-order chi connectivity index (χ1) is 7.95. The van der Waals surface area contributed by atoms with Crippen LogP contribution in [0.15, 0.2) is 18.2 Å². The van der Waals surface area contributed by atoms with Crippen LogP contribution in [0.5, 0.6) is 0 Å². The lowest BCUT2D eigenvalue weighted by atomic mass is 9.83. The van der Waals surface area contributed by atoms with Crippen LogP contribution in [0, 0.1) is 11.3 Å². The van der Waals surface area contributed by atoms with E-state index in [9.17, 15) is 4.79 Å². The van der Waals surface area contributed by atoms with Crippen molar-refractivity contribution < 1.29 is 4.79 Å². The molecule has 0 saturated heterocycles. The average Bonchev–Trinajstić information content (AvgIpc) is 2.49. The van der Waals surface area contributed by atoms with E-state index >= 15 is 0 Å². The molecule has 0 spiro atoms. The first-order valence-corrected chi connectivity index (χ1v) is 5.75. The average molecular weight is 228 g/mol. The fourth-order valence-electron chi connectivity index (χ4n) is 2.60. The Kier molecular flexibility index (Phi) is 2.66. The standard InChI is InChI=1S/C14H16N2O/c1-9(17)16-13-7-11-6-10(8-15)4-5-12(11)14(13,2)3/h4-6,13H,7H2,1-3H3,(H,16,17). The Labute approximate surface area is 101 Å². The third-order valence-electron chi connectivity index (χ3n) is 3.60. The number of benzene rings is 1. The van der Waals surface area contributed by atoms with E-state index in [0.717, 1.165) is 6.42 Å². The van der Waals surface area contributed by atoms with Gasteiger partial charge in [-0.05, 0) is 29.7 Å². The maximum absolute atomic E-state index is 11.2. The lowest BCUT2D eigenvalue weighted by molar-refractivity contribution is -0.120. The smallest absolute Gasteiger partial charge is 0.217 e. The van der Waals surface area contributed by atoms with Crippen LogP contribution >= 0.6 is 0 Å². The highest BCUT2D eigenvalue weighted by atomic mass is 16.1. The lowest BCUT2D eigenvalue weighted by Crippen LogP contribution is -2.44. The van der Waals surface area contributed by atoms with Crippen molar-refractivity contribution in [3.63, 3.8) is 0 Å². The zero-order valence-electron chi connectivity index (χ0n) is 10.4. The van der Waals surface area contributed by atoms with E-state index in [-0.39, 0.29) is 17.4 Å². The lowest BCUT2D eigenvalue weighted by Gasteiger charge is -2.28. The van der Waals surface area contributed by atoms with Crippen molar-refractivity contribution in [1.82, 2.24) is 5.32 Å². The molecule has 1 atom stereocenters. The van der Waals surface area contributed by atoms with E-state index in [1.807, 2.05) is 18.2 Å². The van der Waals surface area contributed by atoms with Crippen molar-refractivity contribution in [2.75, 3.05) is 0 Å². The molecule has 1 aliphatic rings. The zero-order chi connectivity index (χ0) is 12.6. The summed E-state index contributed by atoms with van der Waals surface area (Å²) in [5.74, 6) is -0.00334. The van der Waals surface area contributed by atoms with Crippen LogP contribution in [-0.4, -0.2) is 11.9 Å². The van der Waals surface area contributed by atoms with E-state index < -0.39 is 0 Å². The number of carbonyl (C=O) groups is 1. The molecule has 17 heavy (non-hydrogen) atoms. The quantitative estimate of drug-likeness (QED) is 0.798. The Morgan fingerprint density at radius 3 is 2.82 bits per heavy atom. The van der Waals surface area contributed by atoms with Gasteiger partial charge < -0.3 is 5.32 Å². The first-order valence-electron chi connectivity index (χ1n) is 5.75. The minimum absolute atomic E-state index is 0.00334. The monoisotopic (exact) mass is 228 g/mol. The second-order valence-electron chi connectivity index (χ2n) is 5.16. The molecular weight excluding hydrogens is 212 g/mol. The van der Waals surface area contributed by atoms with Crippen molar-refractivity contribution >= 4 is 5.91 Å². The molecule has 1 amide bonds. The number of nitrogens with zero attached hydrogens (tertiary/aromatic N) is 1. The second kappa shape index (κ2) is 3.89. The van der Waals surface area contributed by atoms with Crippen LogP contribution < -0.4 is 5.32 Å². The van der Waals surface area contributed by atoms with Gasteiger partial charge in [-0.3, -0.25) is 4.79 Å². The van der Waals surface area contributed by atoms with Crippen molar-refractivity contribution in [1.29, 1.82) is 5.26 Å². The fourth-order valence-corrected chi connectivity index (χ4v) is 2.60. The van der Waals surface area contributed by atoms with Gasteiger partial charge in [0.1, 0.15) is 0 Å². The summed E-state index contributed by atoms with van der Waals surface area (Å²) in [5.41, 5.74) is 3.01. The van der Waals surface area contributed by atoms with Crippen molar-refractivity contribution in [2.45, 2.75) is 38.6 Å². The van der Waals surface area contributed by atoms with Gasteiger partial charge in [0.25, 0.3) is 0 Å². The molecule has 88 valence electrons. The third-order valence-corrected chi connectivity index (χ3v) is 3.60. The molecule has 1 aliphatic carbocycles. The Morgan fingerprint density at radius 2 is 2.24 bits per heavy atom. The Hall–Kier alpha value is -1.82. The number of amides is 1. The predicted octanol–water partition coefficient (Wildman–Crippen LogP) is 1.90. The molecule has 1 N–H and O–H groups in total. The highest BCUT2D eigenvalue weighted by molar-refractivity contribution is 5.74. The van der Waals surface area contributed by atoms with Gasteiger partial charge in [0.2, 0.25) is 5.91 Å². The molecule has 0 aromatic heterocycles. The summed E-state index contributed by atoms with van der Waals surface area (Å²) >= 11 is 0. The maximum atomic E-state index is 11.2. The molecule has 1 aromatic rings. The van der Waals surface area contributed by atoms with E-state index in [0.29, 0.717) is 5.56 Å². The highest BCUT2D eigenvalue weighted by Gasteiger charge is 2.39. The molecule has 0 aliphatic heterocycles. The number of hydrogen-bond donors (Lipinski definition) is 1. The number of nitriles is 1. The Morgan fingerprint density at radius 1 is 1.53 bits per heavy atom. The summed E-state index contributed by atoms with van der Waals surface area (Å²) in [4.78, 5) is 11.2. The Balaban J connectivity index is 2.39. The minimum atomic E-state index is -0.0744. The summed E-state index contributed by atoms with van der Waals surface area (Å²) < 4.78 is 0. The molecule has 0 heterocycles. The van der Waals surface area contributed by atoms with Crippen LogP contribution in [-0.2, 0) is 16.6 Å². The van der Waals surface area contributed by atoms with E-state index in [1.54, 1.807) is 6.92 Å². The fraction of sp³-hybridized carbons (Fsp3) is 0.429. The SMILES string of the molecule is CC(=O)NC1Cc2cc(C#N)ccc2C1(C)C. The maximum Gasteiger partial charge on any atom is 0.217 e. The largest absolute Gasteiger partial charge is 0.352 e. The van der Waals surface area contributed by atoms with Gasteiger partial charge >= 0.3 is 0 Å². The van der Waals surface area contributed by atoms with Crippen LogP contribution in [0.4, 0.5) is 0 Å². The van der Waals surface area contributed by atoms with Gasteiger partial charge in [0.15, 0.2) is 0 Å². The van der Waals surface area contributed by atoms with E-state index in [4.69, 9.17) is 5.26 Å². The van der Waals surface area contributed by atoms with Gasteiger partial charge in [-0.25, -0.2) is 0 Å². The molecule has 3 heteroatoms. The van der Waals surface area contributed by atoms with Crippen LogP contribution in [0.3, 0.4) is 0 Å². The molecule has 0 saturated carbocycles. The summed E-state index contributed by atoms with van der Waals surface area (Å²) in [6, 6.07) is 8.05. The van der Waals surface area contributed by atoms with Gasteiger partial charge in [-0.1, -0.05) is 19.9 Å². The molecule has 0 fully saturated rings. The molecular formula is C14H16N2O. The zero-order valence-corrected chi connectivity index (χ0v) is 10.4. The van der Waals surface area contributed by atoms with Gasteiger partial charge in [-0.2, -0.15) is 5.26 Å². The molecule has 0 bridgehead atoms. The van der Waals surface area contributed by atoms with Crippen molar-refractivity contribution in [3.8, 4) is 6.07 Å². The normalized spacial score (nSPS) is 20.5. The van der Waals surface area contributed by atoms with Gasteiger partial charge in [-0.15, -0.1) is 0 Å². The summed E-state index contributed by atoms with van der Waals surface area (Å²) in [6.45, 7) is 5.80. The van der Waals surface area contributed by atoms with Crippen LogP contribution in [0.2, 0.25) is 0 Å². The second-order valence-corrected chi connectivity index (χ2v) is 5.16. The summed E-state index contributed by atoms with van der Waals surface area (Å²) in [6.07, 6.45) is 0.803. The number of hydrogen-bond acceptors (Lipinski definition) is 2. The highest BCUT2D eigenvalue weighted by Crippen LogP contribution is 2.38. The molecule has 1 unspecified atom stereocenters. The first kappa shape index (κ1) is 11.7. The number of rotatable bonds is 1. The number of nitrogens with one attached hydrogen (secondary N) is 1. The molecule has 1 aromatic carbocycles. The Bertz CT molecular complexity index is 511. The van der Waals surface area contributed by atoms with Crippen molar-refractivity contribution in [3.05, 3.63) is 34.9 Å². The molecule has 3 nitrogen and oxygen atoms in total. The van der Waals surface area contributed by atoms with Crippen molar-refractivity contribution in [2.24, 2.45) is 0 Å². The molecule has 2 rings (SSSR count). The van der Waals surface area contributed by atoms with Gasteiger partial charge in [0.05, 0.1) is 11.6 Å². The van der Waals surface area contributed by atoms with E-state index in [1.165, 1.54) is 11.1 Å². The number of fused-ring (bicyclic) bond motifs is 1. The predicted molar refractivity (Wildman–Crippen MR) is 65.5 cm³/mol. The molecule has 0 radical (unpaired) electrons. The topological polar surface area (TPSA) is 52.9 Å². The van der Waals surface area contributed by atoms with Crippen LogP contribution in [0.1, 0.15) is 37.5 Å². The third kappa shape index (κ3) is 1.91.